The molecule has 10 heteroatoms. The molecule has 2 heterocycles. The molecule has 31 heavy (non-hydrogen) atoms. The lowest BCUT2D eigenvalue weighted by Gasteiger charge is -2.40. The van der Waals surface area contributed by atoms with Gasteiger partial charge in [-0.05, 0) is 31.5 Å². The Morgan fingerprint density at radius 2 is 1.94 bits per heavy atom. The molecule has 2 rings (SSSR count). The smallest absolute Gasteiger partial charge is 0.339 e. The zero-order valence-corrected chi connectivity index (χ0v) is 20.7. The van der Waals surface area contributed by atoms with Crippen LogP contribution in [0.2, 0.25) is 18.1 Å². The highest BCUT2D eigenvalue weighted by molar-refractivity contribution is 6.74. The van der Waals surface area contributed by atoms with E-state index in [0.29, 0.717) is 0 Å². The number of nitrogens with zero attached hydrogens (tertiary/aromatic N) is 1. The zero-order valence-electron chi connectivity index (χ0n) is 19.7. The molecule has 0 bridgehead atoms. The van der Waals surface area contributed by atoms with Crippen molar-refractivity contribution >= 4 is 14.3 Å². The van der Waals surface area contributed by atoms with Gasteiger partial charge in [-0.3, -0.25) is 14.3 Å². The van der Waals surface area contributed by atoms with Gasteiger partial charge in [-0.2, -0.15) is 0 Å². The van der Waals surface area contributed by atoms with Gasteiger partial charge in [-0.15, -0.1) is 0 Å². The molecule has 0 amide bonds. The number of ether oxygens (including phenoxy) is 2. The Labute approximate surface area is 183 Å². The van der Waals surface area contributed by atoms with Crippen molar-refractivity contribution in [2.45, 2.75) is 90.6 Å². The van der Waals surface area contributed by atoms with E-state index < -0.39 is 44.0 Å². The van der Waals surface area contributed by atoms with Gasteiger partial charge in [-0.1, -0.05) is 34.6 Å². The Balaban J connectivity index is 2.53. The van der Waals surface area contributed by atoms with Crippen molar-refractivity contribution in [3.63, 3.8) is 0 Å². The molecule has 0 aliphatic carbocycles. The second-order valence-corrected chi connectivity index (χ2v) is 14.3. The van der Waals surface area contributed by atoms with E-state index in [9.17, 15) is 19.5 Å². The van der Waals surface area contributed by atoms with Gasteiger partial charge < -0.3 is 19.0 Å². The van der Waals surface area contributed by atoms with Crippen LogP contribution in [0.15, 0.2) is 15.8 Å². The number of aliphatic hydroxyl groups excluding tert-OH is 1. The summed E-state index contributed by atoms with van der Waals surface area (Å²) in [7, 11) is -2.21. The van der Waals surface area contributed by atoms with Gasteiger partial charge in [0.15, 0.2) is 20.6 Å². The number of hydrogen-bond acceptors (Lipinski definition) is 7. The number of H-pyrrole nitrogens is 1. The first-order valence-corrected chi connectivity index (χ1v) is 13.7. The van der Waals surface area contributed by atoms with Crippen LogP contribution in [-0.4, -0.2) is 47.8 Å². The van der Waals surface area contributed by atoms with Crippen LogP contribution in [0.5, 0.6) is 0 Å². The van der Waals surface area contributed by atoms with E-state index in [1.54, 1.807) is 6.92 Å². The summed E-state index contributed by atoms with van der Waals surface area (Å²) < 4.78 is 18.9. The summed E-state index contributed by atoms with van der Waals surface area (Å²) in [4.78, 5) is 39.1. The van der Waals surface area contributed by atoms with E-state index in [0.717, 1.165) is 6.42 Å². The number of esters is 1. The van der Waals surface area contributed by atoms with Crippen molar-refractivity contribution in [1.82, 2.24) is 9.55 Å². The zero-order chi connectivity index (χ0) is 23.7. The molecule has 1 aromatic heterocycles. The molecule has 2 N–H and O–H groups in total. The number of aliphatic hydroxyl groups is 1. The predicted molar refractivity (Wildman–Crippen MR) is 118 cm³/mol. The molecule has 0 saturated carbocycles. The second kappa shape index (κ2) is 9.39. The second-order valence-electron chi connectivity index (χ2n) is 9.58. The molecule has 1 aliphatic rings. The summed E-state index contributed by atoms with van der Waals surface area (Å²) in [6.45, 7) is 16.3. The Hall–Kier alpha value is -1.75. The highest BCUT2D eigenvalue weighted by Crippen LogP contribution is 2.43. The Morgan fingerprint density at radius 1 is 1.32 bits per heavy atom. The summed E-state index contributed by atoms with van der Waals surface area (Å²) in [5, 5.41) is 10.2. The Morgan fingerprint density at radius 3 is 2.45 bits per heavy atom. The van der Waals surface area contributed by atoms with E-state index >= 15 is 0 Å². The third kappa shape index (κ3) is 5.19. The summed E-state index contributed by atoms with van der Waals surface area (Å²) in [6.07, 6.45) is -1.27. The Kier molecular flexibility index (Phi) is 7.73. The molecule has 5 atom stereocenters. The van der Waals surface area contributed by atoms with Crippen LogP contribution < -0.4 is 11.2 Å². The Bertz CT molecular complexity index is 902. The predicted octanol–water partition coefficient (Wildman–Crippen LogP) is 2.47. The van der Waals surface area contributed by atoms with Crippen molar-refractivity contribution in [3.05, 3.63) is 32.6 Å². The quantitative estimate of drug-likeness (QED) is 0.478. The molecular weight excluding hydrogens is 420 g/mol. The molecule has 1 fully saturated rings. The monoisotopic (exact) mass is 456 g/mol. The average molecular weight is 457 g/mol. The highest BCUT2D eigenvalue weighted by atomic mass is 28.4. The molecule has 9 nitrogen and oxygen atoms in total. The maximum atomic E-state index is 12.7. The first kappa shape index (κ1) is 25.5. The van der Waals surface area contributed by atoms with Crippen LogP contribution in [0, 0.1) is 5.92 Å². The van der Waals surface area contributed by atoms with Crippen molar-refractivity contribution < 1.29 is 23.8 Å². The van der Waals surface area contributed by atoms with Crippen molar-refractivity contribution in [3.8, 4) is 0 Å². The molecule has 176 valence electrons. The maximum Gasteiger partial charge on any atom is 0.339 e. The molecule has 1 aliphatic heterocycles. The number of rotatable bonds is 7. The fourth-order valence-corrected chi connectivity index (χ4v) is 4.82. The van der Waals surface area contributed by atoms with E-state index in [4.69, 9.17) is 13.9 Å². The van der Waals surface area contributed by atoms with E-state index in [-0.39, 0.29) is 29.2 Å². The first-order chi connectivity index (χ1) is 14.2. The lowest BCUT2D eigenvalue weighted by Crippen LogP contribution is -2.48. The number of hydrogen-bond donors (Lipinski definition) is 2. The number of nitrogens with one attached hydrogen (secondary N) is 1. The lowest BCUT2D eigenvalue weighted by molar-refractivity contribution is -0.153. The van der Waals surface area contributed by atoms with Crippen molar-refractivity contribution in [1.29, 1.82) is 0 Å². The van der Waals surface area contributed by atoms with E-state index in [2.05, 4.69) is 38.8 Å². The van der Waals surface area contributed by atoms with Gasteiger partial charge in [0.25, 0.3) is 5.56 Å². The largest absolute Gasteiger partial charge is 0.464 e. The first-order valence-electron chi connectivity index (χ1n) is 10.8. The fourth-order valence-electron chi connectivity index (χ4n) is 3.46. The molecular formula is C21H36N2O7Si. The molecule has 2 unspecified atom stereocenters. The van der Waals surface area contributed by atoms with Crippen LogP contribution in [0.1, 0.15) is 65.9 Å². The van der Waals surface area contributed by atoms with Gasteiger partial charge >= 0.3 is 11.7 Å². The molecule has 0 aromatic carbocycles. The summed E-state index contributed by atoms with van der Waals surface area (Å²) in [5.74, 6) is -0.958. The van der Waals surface area contributed by atoms with Gasteiger partial charge in [-0.25, -0.2) is 9.59 Å². The van der Waals surface area contributed by atoms with Gasteiger partial charge in [0.05, 0.1) is 24.4 Å². The third-order valence-electron chi connectivity index (χ3n) is 6.41. The highest BCUT2D eigenvalue weighted by Gasteiger charge is 2.49. The number of carbonyl (C=O) groups excluding carboxylic acids is 1. The van der Waals surface area contributed by atoms with Crippen LogP contribution in [0.25, 0.3) is 0 Å². The topological polar surface area (TPSA) is 120 Å². The lowest BCUT2D eigenvalue weighted by atomic mass is 9.99. The minimum absolute atomic E-state index is 0.00128. The van der Waals surface area contributed by atoms with Crippen LogP contribution in [0.3, 0.4) is 0 Å². The van der Waals surface area contributed by atoms with Crippen molar-refractivity contribution in [2.24, 2.45) is 5.92 Å². The number of aromatic amines is 1. The van der Waals surface area contributed by atoms with Crippen LogP contribution >= 0.6 is 0 Å². The summed E-state index contributed by atoms with van der Waals surface area (Å²) >= 11 is 0. The van der Waals surface area contributed by atoms with Crippen LogP contribution in [-0.2, 0) is 18.7 Å². The SMILES string of the molecule is CCOC(=O)C(O)c1cn([C@@H]2O[C@H](CC)[C@H](C)C2O[Si](C)(C)C(C)(C)C)c(=O)[nH]c1=O. The standard InChI is InChI=1S/C21H36N2O7Si/c1-9-14-12(3)16(30-31(7,8)21(4,5)6)18(29-14)23-11-13(17(25)22-20(23)27)15(24)19(26)28-10-2/h11-12,14-16,18,24H,9-10H2,1-8H3,(H,22,25,27)/t12-,14+,15?,16?,18+/m0/s1. The fraction of sp³-hybridized carbons (Fsp3) is 0.762. The summed E-state index contributed by atoms with van der Waals surface area (Å²) in [6, 6.07) is 0. The van der Waals surface area contributed by atoms with E-state index in [1.165, 1.54) is 10.8 Å². The van der Waals surface area contributed by atoms with Crippen LogP contribution in [0.4, 0.5) is 0 Å². The average Bonchev–Trinajstić information content (AvgIpc) is 2.96. The minimum atomic E-state index is -2.21. The van der Waals surface area contributed by atoms with Gasteiger partial charge in [0.2, 0.25) is 0 Å². The number of aromatic nitrogens is 2. The molecule has 1 saturated heterocycles. The summed E-state index contributed by atoms with van der Waals surface area (Å²) in [5.41, 5.74) is -1.82. The van der Waals surface area contributed by atoms with Crippen molar-refractivity contribution in [2.75, 3.05) is 6.61 Å². The van der Waals surface area contributed by atoms with Gasteiger partial charge in [0, 0.05) is 12.1 Å². The third-order valence-corrected chi connectivity index (χ3v) is 10.9. The van der Waals surface area contributed by atoms with E-state index in [1.807, 2.05) is 13.8 Å². The number of carbonyl (C=O) groups is 1. The molecule has 0 spiro atoms. The molecule has 1 aromatic rings. The normalized spacial score (nSPS) is 25.5. The minimum Gasteiger partial charge on any atom is -0.464 e. The van der Waals surface area contributed by atoms with Gasteiger partial charge in [0.1, 0.15) is 0 Å². The molecule has 0 radical (unpaired) electrons. The maximum absolute atomic E-state index is 12.7.